The fraction of sp³-hybridized carbons (Fsp3) is 0.545. The second-order valence-electron chi connectivity index (χ2n) is 11.5. The summed E-state index contributed by atoms with van der Waals surface area (Å²) in [4.78, 5) is 46.3. The van der Waals surface area contributed by atoms with E-state index in [1.54, 1.807) is 4.57 Å². The van der Waals surface area contributed by atoms with Crippen molar-refractivity contribution in [3.8, 4) is 0 Å². The van der Waals surface area contributed by atoms with Gasteiger partial charge in [-0.25, -0.2) is 29.1 Å². The van der Waals surface area contributed by atoms with Gasteiger partial charge in [-0.15, -0.1) is 11.8 Å². The van der Waals surface area contributed by atoms with Crippen LogP contribution in [0.15, 0.2) is 23.8 Å². The van der Waals surface area contributed by atoms with Crippen molar-refractivity contribution in [1.29, 1.82) is 0 Å². The number of aliphatic hydroxyl groups is 2. The molecule has 0 amide bonds. The molecular weight excluding hydrogens is 690 g/mol. The molecule has 2 aliphatic heterocycles. The number of aliphatic hydroxyl groups excluding tert-OH is 2. The van der Waals surface area contributed by atoms with Crippen LogP contribution < -0.4 is 17.0 Å². The molecule has 24 heteroatoms. The normalized spacial score (nSPS) is 41.0. The number of aromatic nitrogens is 8. The van der Waals surface area contributed by atoms with Crippen molar-refractivity contribution >= 4 is 72.7 Å². The molecule has 6 heterocycles. The maximum Gasteiger partial charge on any atom is 0.472 e. The number of thiol groups is 1. The lowest BCUT2D eigenvalue weighted by Crippen LogP contribution is -2.40. The zero-order valence-electron chi connectivity index (χ0n) is 23.2. The fourth-order valence-corrected chi connectivity index (χ4v) is 11.0. The van der Waals surface area contributed by atoms with Gasteiger partial charge in [-0.05, 0) is 12.3 Å². The van der Waals surface area contributed by atoms with Gasteiger partial charge < -0.3 is 31.1 Å². The highest BCUT2D eigenvalue weighted by atomic mass is 32.7. The Hall–Kier alpha value is -2.62. The van der Waals surface area contributed by atoms with Crippen LogP contribution in [0.1, 0.15) is 11.8 Å². The lowest BCUT2D eigenvalue weighted by atomic mass is 10.0. The molecule has 46 heavy (non-hydrogen) atoms. The lowest BCUT2D eigenvalue weighted by Gasteiger charge is -2.30. The summed E-state index contributed by atoms with van der Waals surface area (Å²) in [7, 11) is -4.93. The zero-order valence-corrected chi connectivity index (χ0v) is 26.7. The minimum atomic E-state index is -4.93. The molecule has 2 saturated heterocycles. The molecule has 246 valence electrons. The lowest BCUT2D eigenvalue weighted by molar-refractivity contribution is -0.0194. The number of nitrogens with zero attached hydrogens (tertiary/aromatic N) is 7. The van der Waals surface area contributed by atoms with E-state index in [2.05, 4.69) is 42.2 Å². The molecule has 8 rings (SSSR count). The van der Waals surface area contributed by atoms with Crippen LogP contribution in [-0.4, -0.2) is 97.0 Å². The van der Waals surface area contributed by atoms with Gasteiger partial charge in [-0.2, -0.15) is 4.98 Å². The van der Waals surface area contributed by atoms with E-state index in [1.807, 2.05) is 0 Å². The Labute approximate surface area is 266 Å². The highest BCUT2D eigenvalue weighted by molar-refractivity contribution is 8.44. The highest BCUT2D eigenvalue weighted by Gasteiger charge is 2.74. The Kier molecular flexibility index (Phi) is 6.97. The molecule has 4 aromatic heterocycles. The second-order valence-corrected chi connectivity index (χ2v) is 17.1. The number of H-pyrrole nitrogens is 1. The second kappa shape index (κ2) is 10.4. The Morgan fingerprint density at radius 1 is 1.04 bits per heavy atom. The first-order valence-electron chi connectivity index (χ1n) is 13.8. The third kappa shape index (κ3) is 4.66. The smallest absolute Gasteiger partial charge is 0.389 e. The van der Waals surface area contributed by atoms with Gasteiger partial charge in [0.1, 0.15) is 35.5 Å². The molecule has 2 unspecified atom stereocenters. The van der Waals surface area contributed by atoms with Crippen molar-refractivity contribution in [2.24, 2.45) is 11.8 Å². The summed E-state index contributed by atoms with van der Waals surface area (Å²) < 4.78 is 52.5. The minimum Gasteiger partial charge on any atom is -0.389 e. The van der Waals surface area contributed by atoms with Gasteiger partial charge in [-0.3, -0.25) is 32.4 Å². The van der Waals surface area contributed by atoms with Gasteiger partial charge >= 0.3 is 14.6 Å². The Balaban J connectivity index is 1.14. The average molecular weight is 717 g/mol. The van der Waals surface area contributed by atoms with E-state index < -0.39 is 85.8 Å². The molecule has 11 atom stereocenters. The minimum absolute atomic E-state index is 0.0334. The maximum absolute atomic E-state index is 13.6. The molecule has 8 N–H and O–H groups in total. The van der Waals surface area contributed by atoms with Crippen LogP contribution in [-0.2, 0) is 32.8 Å². The summed E-state index contributed by atoms with van der Waals surface area (Å²) in [5.74, 6) is -1.28. The number of nitrogens with two attached hydrogens (primary N) is 2. The number of thioether (sulfide) groups is 1. The summed E-state index contributed by atoms with van der Waals surface area (Å²) in [6.07, 6.45) is -1.11. The average Bonchev–Trinajstić information content (AvgIpc) is 3.25. The van der Waals surface area contributed by atoms with Gasteiger partial charge in [0.2, 0.25) is 5.95 Å². The monoisotopic (exact) mass is 716 g/mol. The van der Waals surface area contributed by atoms with Crippen LogP contribution in [0.25, 0.3) is 22.3 Å². The largest absolute Gasteiger partial charge is 0.472 e. The summed E-state index contributed by atoms with van der Waals surface area (Å²) in [6, 6.07) is 0. The highest BCUT2D eigenvalue weighted by Crippen LogP contribution is 2.69. The van der Waals surface area contributed by atoms with Crippen molar-refractivity contribution in [2.75, 3.05) is 24.7 Å². The van der Waals surface area contributed by atoms with Gasteiger partial charge in [0.05, 0.1) is 42.8 Å². The molecule has 4 fully saturated rings. The van der Waals surface area contributed by atoms with E-state index in [4.69, 9.17) is 29.6 Å². The third-order valence-corrected chi connectivity index (χ3v) is 13.1. The van der Waals surface area contributed by atoms with Crippen molar-refractivity contribution < 1.29 is 42.3 Å². The Bertz CT molecular complexity index is 2050. The van der Waals surface area contributed by atoms with Crippen molar-refractivity contribution in [3.63, 3.8) is 0 Å². The van der Waals surface area contributed by atoms with E-state index in [0.29, 0.717) is 17.6 Å². The molecule has 2 aliphatic carbocycles. The van der Waals surface area contributed by atoms with E-state index in [-0.39, 0.29) is 22.9 Å². The number of nitrogen functional groups attached to an aromatic ring is 2. The van der Waals surface area contributed by atoms with Gasteiger partial charge in [-0.1, -0.05) is 12.2 Å². The maximum atomic E-state index is 13.6. The molecule has 0 spiro atoms. The topological polar surface area (TPSA) is 291 Å². The van der Waals surface area contributed by atoms with Gasteiger partial charge in [0, 0.05) is 5.92 Å². The van der Waals surface area contributed by atoms with Crippen LogP contribution in [0.4, 0.5) is 11.8 Å². The standard InChI is InChI=1S/C22H26N10O10P2S2/c23-16-10-17(26-4-25-16)32(6-28-10)22-1-8(22)7-2-39-43(36,37)41-14-12(33)9(3-40-44(38,45)42-13(7)15(22)34)46-20(14)31-5-27-11-18(31)29-21(24)30-19(11)35/h4-9,12-15,20,33-34H,1-3H2,(H,36,37)(H,38,45)(H2,23,25,26)(H3,24,29,30,35)/t7-,8-,9+,12+,13+,14+,15+,20+,22?,44-/m0/s1. The molecule has 0 aromatic carbocycles. The molecule has 2 saturated carbocycles. The van der Waals surface area contributed by atoms with E-state index in [1.165, 1.54) is 23.5 Å². The summed E-state index contributed by atoms with van der Waals surface area (Å²) in [5, 5.41) is 21.0. The number of fused-ring (bicyclic) bond motifs is 7. The molecule has 20 nitrogen and oxygen atoms in total. The number of aromatic amines is 1. The first-order valence-corrected chi connectivity index (χ1v) is 18.9. The Morgan fingerprint density at radius 2 is 1.83 bits per heavy atom. The van der Waals surface area contributed by atoms with Crippen LogP contribution in [0, 0.1) is 11.8 Å². The molecular formula is C22H26N10O10P2S2. The predicted octanol–water partition coefficient (Wildman–Crippen LogP) is -0.240. The number of phosphoric ester groups is 1. The molecule has 0 radical (unpaired) electrons. The third-order valence-electron chi connectivity index (χ3n) is 8.98. The van der Waals surface area contributed by atoms with Crippen LogP contribution in [0.3, 0.4) is 0 Å². The fourth-order valence-electron chi connectivity index (χ4n) is 6.87. The summed E-state index contributed by atoms with van der Waals surface area (Å²) in [6.45, 7) is -5.12. The predicted molar refractivity (Wildman–Crippen MR) is 162 cm³/mol. The number of hydrogen-bond acceptors (Lipinski definition) is 17. The molecule has 4 aromatic rings. The quantitative estimate of drug-likeness (QED) is 0.104. The van der Waals surface area contributed by atoms with Crippen molar-refractivity contribution in [1.82, 2.24) is 39.0 Å². The van der Waals surface area contributed by atoms with Crippen LogP contribution in [0.2, 0.25) is 0 Å². The van der Waals surface area contributed by atoms with E-state index >= 15 is 0 Å². The SMILES string of the molecule is Nc1nc2c(ncn2[C@@H]2S[C@@H]3CO[P@](=O)(S)O[C@@H]4[C@@H](COP(=O)(O)O[C@@H]2[C@@H]3O)[C@@H]2CC2(n2cnc3c(N)ncnc32)[C@@H]4O)c(=O)[nH]1. The number of anilines is 2. The first-order chi connectivity index (χ1) is 21.8. The summed E-state index contributed by atoms with van der Waals surface area (Å²) in [5.41, 5.74) is 10.7. The van der Waals surface area contributed by atoms with Crippen molar-refractivity contribution in [2.45, 2.75) is 47.0 Å². The summed E-state index contributed by atoms with van der Waals surface area (Å²) >= 11 is 5.17. The Morgan fingerprint density at radius 3 is 2.63 bits per heavy atom. The number of nitrogens with one attached hydrogen (secondary N) is 1. The van der Waals surface area contributed by atoms with Crippen molar-refractivity contribution in [3.05, 3.63) is 29.3 Å². The van der Waals surface area contributed by atoms with Gasteiger partial charge in [0.25, 0.3) is 5.56 Å². The van der Waals surface area contributed by atoms with Crippen LogP contribution >= 0.6 is 38.6 Å². The first kappa shape index (κ1) is 30.7. The van der Waals surface area contributed by atoms with E-state index in [9.17, 15) is 29.0 Å². The zero-order chi connectivity index (χ0) is 32.3. The number of rotatable bonds is 2. The molecule has 2 bridgehead atoms. The molecule has 4 aliphatic rings. The number of hydrogen-bond donors (Lipinski definition) is 7. The number of phosphoric acid groups is 1. The van der Waals surface area contributed by atoms with E-state index in [0.717, 1.165) is 11.8 Å². The number of imidazole rings is 2. The van der Waals surface area contributed by atoms with Crippen LogP contribution in [0.5, 0.6) is 0 Å². The van der Waals surface area contributed by atoms with Gasteiger partial charge in [0.15, 0.2) is 22.6 Å².